The van der Waals surface area contributed by atoms with Crippen molar-refractivity contribution in [2.75, 3.05) is 11.9 Å². The average Bonchev–Trinajstić information content (AvgIpc) is 3.29. The number of rotatable bonds is 10. The molecular formula is C27H25F2N3O2. The summed E-state index contributed by atoms with van der Waals surface area (Å²) in [4.78, 5) is 12.2. The van der Waals surface area contributed by atoms with Crippen LogP contribution in [0.4, 0.5) is 14.6 Å². The van der Waals surface area contributed by atoms with Crippen LogP contribution in [-0.2, 0) is 19.4 Å². The fourth-order valence-electron chi connectivity index (χ4n) is 3.55. The molecule has 0 atom stereocenters. The molecule has 1 heterocycles. The number of halogens is 2. The Morgan fingerprint density at radius 1 is 0.853 bits per heavy atom. The smallest absolute Gasteiger partial charge is 0.262 e. The number of benzene rings is 3. The maximum atomic E-state index is 13.8. The maximum absolute atomic E-state index is 13.8. The van der Waals surface area contributed by atoms with Crippen LogP contribution in [0.3, 0.4) is 0 Å². The van der Waals surface area contributed by atoms with Gasteiger partial charge in [0.2, 0.25) is 0 Å². The summed E-state index contributed by atoms with van der Waals surface area (Å²) >= 11 is 0. The molecule has 1 aromatic heterocycles. The standard InChI is InChI=1S/C27H25F2N3O2/c28-23-9-4-10-24(29)26(23)27(33)30-25-16-18-32(31-25)17-15-21-11-13-22(14-12-21)34-19-5-8-20-6-2-1-3-7-20/h1-4,6-7,9-14,16,18H,5,8,15,17,19H2,(H,30,31,33). The van der Waals surface area contributed by atoms with Crippen molar-refractivity contribution in [2.24, 2.45) is 0 Å². The van der Waals surface area contributed by atoms with Gasteiger partial charge in [-0.1, -0.05) is 48.5 Å². The zero-order valence-electron chi connectivity index (χ0n) is 18.6. The molecule has 1 N–H and O–H groups in total. The van der Waals surface area contributed by atoms with Crippen molar-refractivity contribution >= 4 is 11.7 Å². The van der Waals surface area contributed by atoms with Gasteiger partial charge < -0.3 is 10.1 Å². The first-order valence-electron chi connectivity index (χ1n) is 11.1. The van der Waals surface area contributed by atoms with Crippen LogP contribution in [0.15, 0.2) is 85.1 Å². The van der Waals surface area contributed by atoms with Crippen molar-refractivity contribution in [1.82, 2.24) is 9.78 Å². The fraction of sp³-hybridized carbons (Fsp3) is 0.185. The fourth-order valence-corrected chi connectivity index (χ4v) is 3.55. The van der Waals surface area contributed by atoms with E-state index in [1.54, 1.807) is 16.9 Å². The topological polar surface area (TPSA) is 56.2 Å². The summed E-state index contributed by atoms with van der Waals surface area (Å²) in [5, 5.41) is 6.69. The van der Waals surface area contributed by atoms with Crippen LogP contribution >= 0.6 is 0 Å². The van der Waals surface area contributed by atoms with Gasteiger partial charge in [-0.15, -0.1) is 0 Å². The van der Waals surface area contributed by atoms with Crippen molar-refractivity contribution in [3.05, 3.63) is 113 Å². The van der Waals surface area contributed by atoms with E-state index in [0.29, 0.717) is 13.2 Å². The van der Waals surface area contributed by atoms with Gasteiger partial charge in [-0.3, -0.25) is 9.48 Å². The molecular weight excluding hydrogens is 436 g/mol. The summed E-state index contributed by atoms with van der Waals surface area (Å²) in [6, 6.07) is 23.2. The van der Waals surface area contributed by atoms with E-state index in [-0.39, 0.29) is 5.82 Å². The number of anilines is 1. The summed E-state index contributed by atoms with van der Waals surface area (Å²) in [6.45, 7) is 1.24. The summed E-state index contributed by atoms with van der Waals surface area (Å²) in [6.07, 6.45) is 4.37. The van der Waals surface area contributed by atoms with Gasteiger partial charge in [0.1, 0.15) is 22.9 Å². The monoisotopic (exact) mass is 461 g/mol. The third kappa shape index (κ3) is 6.28. The molecule has 174 valence electrons. The maximum Gasteiger partial charge on any atom is 0.262 e. The van der Waals surface area contributed by atoms with Gasteiger partial charge in [0.05, 0.1) is 6.61 Å². The number of aromatic nitrogens is 2. The van der Waals surface area contributed by atoms with Crippen LogP contribution in [0.1, 0.15) is 27.9 Å². The molecule has 0 saturated heterocycles. The molecule has 5 nitrogen and oxygen atoms in total. The number of hydrogen-bond acceptors (Lipinski definition) is 3. The van der Waals surface area contributed by atoms with Gasteiger partial charge in [0.15, 0.2) is 5.82 Å². The first-order chi connectivity index (χ1) is 16.6. The second-order valence-corrected chi connectivity index (χ2v) is 7.85. The van der Waals surface area contributed by atoms with Gasteiger partial charge in [0.25, 0.3) is 5.91 Å². The summed E-state index contributed by atoms with van der Waals surface area (Å²) < 4.78 is 35.0. The van der Waals surface area contributed by atoms with Crippen LogP contribution < -0.4 is 10.1 Å². The molecule has 4 aromatic rings. The molecule has 0 bridgehead atoms. The second-order valence-electron chi connectivity index (χ2n) is 7.85. The molecule has 0 aliphatic rings. The van der Waals surface area contributed by atoms with E-state index in [1.807, 2.05) is 42.5 Å². The molecule has 4 rings (SSSR count). The molecule has 0 aliphatic heterocycles. The van der Waals surface area contributed by atoms with E-state index in [4.69, 9.17) is 4.74 Å². The van der Waals surface area contributed by atoms with Gasteiger partial charge in [-0.2, -0.15) is 5.10 Å². The Labute approximate surface area is 197 Å². The number of amides is 1. The number of hydrogen-bond donors (Lipinski definition) is 1. The SMILES string of the molecule is O=C(Nc1ccn(CCc2ccc(OCCCc3ccccc3)cc2)n1)c1c(F)cccc1F. The average molecular weight is 462 g/mol. The minimum atomic E-state index is -0.916. The van der Waals surface area contributed by atoms with E-state index in [9.17, 15) is 13.6 Å². The van der Waals surface area contributed by atoms with Gasteiger partial charge in [-0.05, 0) is 54.7 Å². The van der Waals surface area contributed by atoms with Gasteiger partial charge in [-0.25, -0.2) is 8.78 Å². The predicted molar refractivity (Wildman–Crippen MR) is 127 cm³/mol. The van der Waals surface area contributed by atoms with Gasteiger partial charge in [0, 0.05) is 18.8 Å². The van der Waals surface area contributed by atoms with Crippen molar-refractivity contribution in [2.45, 2.75) is 25.8 Å². The number of nitrogens with zero attached hydrogens (tertiary/aromatic N) is 2. The van der Waals surface area contributed by atoms with E-state index in [2.05, 4.69) is 22.5 Å². The van der Waals surface area contributed by atoms with Crippen LogP contribution in [0.2, 0.25) is 0 Å². The second kappa shape index (κ2) is 11.2. The van der Waals surface area contributed by atoms with E-state index < -0.39 is 23.1 Å². The Balaban J connectivity index is 1.22. The quantitative estimate of drug-likeness (QED) is 0.310. The lowest BCUT2D eigenvalue weighted by atomic mass is 10.1. The van der Waals surface area contributed by atoms with Crippen molar-refractivity contribution < 1.29 is 18.3 Å². The lowest BCUT2D eigenvalue weighted by molar-refractivity contribution is 0.101. The first kappa shape index (κ1) is 23.2. The van der Waals surface area contributed by atoms with Crippen molar-refractivity contribution in [3.63, 3.8) is 0 Å². The number of carbonyl (C=O) groups is 1. The largest absolute Gasteiger partial charge is 0.494 e. The highest BCUT2D eigenvalue weighted by Gasteiger charge is 2.17. The predicted octanol–water partition coefficient (Wildman–Crippen LogP) is 5.67. The number of ether oxygens (including phenoxy) is 1. The van der Waals surface area contributed by atoms with E-state index >= 15 is 0 Å². The Kier molecular flexibility index (Phi) is 7.65. The molecule has 0 aliphatic carbocycles. The van der Waals surface area contributed by atoms with E-state index in [0.717, 1.165) is 42.7 Å². The molecule has 0 radical (unpaired) electrons. The zero-order chi connectivity index (χ0) is 23.8. The zero-order valence-corrected chi connectivity index (χ0v) is 18.6. The minimum absolute atomic E-state index is 0.229. The normalized spacial score (nSPS) is 10.8. The number of aryl methyl sites for hydroxylation is 3. The highest BCUT2D eigenvalue weighted by molar-refractivity contribution is 6.04. The highest BCUT2D eigenvalue weighted by Crippen LogP contribution is 2.16. The molecule has 3 aromatic carbocycles. The molecule has 0 unspecified atom stereocenters. The Hall–Kier alpha value is -4.00. The van der Waals surface area contributed by atoms with Gasteiger partial charge >= 0.3 is 0 Å². The van der Waals surface area contributed by atoms with E-state index in [1.165, 1.54) is 11.6 Å². The molecule has 34 heavy (non-hydrogen) atoms. The molecule has 0 fully saturated rings. The molecule has 7 heteroatoms. The van der Waals surface area contributed by atoms with Crippen LogP contribution in [0, 0.1) is 11.6 Å². The van der Waals surface area contributed by atoms with Crippen LogP contribution in [0.5, 0.6) is 5.75 Å². The minimum Gasteiger partial charge on any atom is -0.494 e. The Morgan fingerprint density at radius 2 is 1.56 bits per heavy atom. The molecule has 0 spiro atoms. The summed E-state index contributed by atoms with van der Waals surface area (Å²) in [5.41, 5.74) is 1.80. The Morgan fingerprint density at radius 3 is 2.29 bits per heavy atom. The van der Waals surface area contributed by atoms with Crippen molar-refractivity contribution in [3.8, 4) is 5.75 Å². The van der Waals surface area contributed by atoms with Crippen LogP contribution in [0.25, 0.3) is 0 Å². The molecule has 1 amide bonds. The third-order valence-corrected chi connectivity index (χ3v) is 5.35. The van der Waals surface area contributed by atoms with Crippen LogP contribution in [-0.4, -0.2) is 22.3 Å². The lowest BCUT2D eigenvalue weighted by Gasteiger charge is -2.08. The molecule has 0 saturated carbocycles. The summed E-state index contributed by atoms with van der Waals surface area (Å²) in [7, 11) is 0. The first-order valence-corrected chi connectivity index (χ1v) is 11.1. The van der Waals surface area contributed by atoms with Crippen molar-refractivity contribution in [1.29, 1.82) is 0 Å². The highest BCUT2D eigenvalue weighted by atomic mass is 19.1. The Bertz CT molecular complexity index is 1200. The number of carbonyl (C=O) groups excluding carboxylic acids is 1. The number of nitrogens with one attached hydrogen (secondary N) is 1. The third-order valence-electron chi connectivity index (χ3n) is 5.35. The summed E-state index contributed by atoms with van der Waals surface area (Å²) in [5.74, 6) is -1.64. The lowest BCUT2D eigenvalue weighted by Crippen LogP contribution is -2.16.